The Bertz CT molecular complexity index is 1270. The standard InChI is InChI=1S/C30H32N2O4/c1-4-6-16-36-25-14-13-24(17-20(25)3)28(33)26-27(23-11-9-21(5-2)10-12-23)32(30(35)29(26)34)19-22-8-7-15-31-18-22/h7-15,17-18,27,33H,4-6,16,19H2,1-3H3/b28-26+/t27-/m1/s1. The van der Waals surface area contributed by atoms with Crippen molar-refractivity contribution >= 4 is 17.4 Å². The van der Waals surface area contributed by atoms with E-state index in [1.54, 1.807) is 36.7 Å². The Morgan fingerprint density at radius 1 is 1.06 bits per heavy atom. The van der Waals surface area contributed by atoms with E-state index in [0.29, 0.717) is 12.2 Å². The smallest absolute Gasteiger partial charge is 0.295 e. The van der Waals surface area contributed by atoms with E-state index in [4.69, 9.17) is 4.74 Å². The fourth-order valence-corrected chi connectivity index (χ4v) is 4.45. The van der Waals surface area contributed by atoms with E-state index in [0.717, 1.165) is 47.3 Å². The first kappa shape index (κ1) is 25.2. The molecule has 3 aromatic rings. The van der Waals surface area contributed by atoms with Crippen LogP contribution in [0, 0.1) is 6.92 Å². The molecule has 0 saturated carbocycles. The summed E-state index contributed by atoms with van der Waals surface area (Å²) in [6.07, 6.45) is 6.21. The highest BCUT2D eigenvalue weighted by Gasteiger charge is 2.46. The maximum absolute atomic E-state index is 13.3. The Labute approximate surface area is 212 Å². The van der Waals surface area contributed by atoms with Crippen LogP contribution in [0.4, 0.5) is 0 Å². The van der Waals surface area contributed by atoms with Gasteiger partial charge in [0.1, 0.15) is 11.5 Å². The van der Waals surface area contributed by atoms with Gasteiger partial charge in [-0.2, -0.15) is 0 Å². The number of aliphatic hydroxyl groups excluding tert-OH is 1. The van der Waals surface area contributed by atoms with Gasteiger partial charge in [0.25, 0.3) is 11.7 Å². The van der Waals surface area contributed by atoms with Crippen molar-refractivity contribution in [2.45, 2.75) is 52.6 Å². The maximum Gasteiger partial charge on any atom is 0.295 e. The molecule has 6 nitrogen and oxygen atoms in total. The number of aromatic nitrogens is 1. The summed E-state index contributed by atoms with van der Waals surface area (Å²) in [6, 6.07) is 16.1. The van der Waals surface area contributed by atoms with Crippen LogP contribution in [0.5, 0.6) is 5.75 Å². The van der Waals surface area contributed by atoms with Gasteiger partial charge in [-0.05, 0) is 66.3 Å². The third kappa shape index (κ3) is 5.18. The molecule has 1 aliphatic heterocycles. The number of unbranched alkanes of at least 4 members (excludes halogenated alkanes) is 1. The normalized spacial score (nSPS) is 17.0. The molecule has 1 aromatic heterocycles. The van der Waals surface area contributed by atoms with Crippen molar-refractivity contribution in [3.63, 3.8) is 0 Å². The molecule has 0 unspecified atom stereocenters. The molecular weight excluding hydrogens is 452 g/mol. The molecule has 0 spiro atoms. The molecular formula is C30H32N2O4. The SMILES string of the molecule is CCCCOc1ccc(/C(O)=C2\C(=O)C(=O)N(Cc3cccnc3)[C@@H]2c2ccc(CC)cc2)cc1C. The third-order valence-electron chi connectivity index (χ3n) is 6.52. The molecule has 0 aliphatic carbocycles. The number of hydrogen-bond acceptors (Lipinski definition) is 5. The number of carbonyl (C=O) groups is 2. The number of benzene rings is 2. The van der Waals surface area contributed by atoms with Crippen molar-refractivity contribution < 1.29 is 19.4 Å². The highest BCUT2D eigenvalue weighted by atomic mass is 16.5. The zero-order valence-corrected chi connectivity index (χ0v) is 21.0. The summed E-state index contributed by atoms with van der Waals surface area (Å²) in [7, 11) is 0. The van der Waals surface area contributed by atoms with Gasteiger partial charge in [-0.25, -0.2) is 0 Å². The minimum Gasteiger partial charge on any atom is -0.507 e. The van der Waals surface area contributed by atoms with E-state index in [9.17, 15) is 14.7 Å². The van der Waals surface area contributed by atoms with Crippen molar-refractivity contribution in [2.24, 2.45) is 0 Å². The van der Waals surface area contributed by atoms with Crippen molar-refractivity contribution in [1.29, 1.82) is 0 Å². The second-order valence-electron chi connectivity index (χ2n) is 9.07. The number of ketones is 1. The summed E-state index contributed by atoms with van der Waals surface area (Å²) in [5.41, 5.74) is 4.14. The molecule has 186 valence electrons. The fourth-order valence-electron chi connectivity index (χ4n) is 4.45. The summed E-state index contributed by atoms with van der Waals surface area (Å²) in [6.45, 7) is 6.91. The number of Topliss-reactive ketones (excluding diaryl/α,β-unsaturated/α-hetero) is 1. The van der Waals surface area contributed by atoms with Crippen molar-refractivity contribution in [3.8, 4) is 5.75 Å². The van der Waals surface area contributed by atoms with Crippen LogP contribution in [-0.4, -0.2) is 33.3 Å². The molecule has 36 heavy (non-hydrogen) atoms. The number of aliphatic hydroxyl groups is 1. The number of nitrogens with zero attached hydrogens (tertiary/aromatic N) is 2. The van der Waals surface area contributed by atoms with Gasteiger partial charge in [0.15, 0.2) is 0 Å². The Kier molecular flexibility index (Phi) is 7.84. The number of likely N-dealkylation sites (tertiary alicyclic amines) is 1. The maximum atomic E-state index is 13.3. The van der Waals surface area contributed by atoms with Crippen LogP contribution >= 0.6 is 0 Å². The number of carbonyl (C=O) groups excluding carboxylic acids is 2. The van der Waals surface area contributed by atoms with Crippen LogP contribution in [0.1, 0.15) is 60.5 Å². The first-order chi connectivity index (χ1) is 17.4. The Morgan fingerprint density at radius 3 is 2.47 bits per heavy atom. The molecule has 2 aromatic carbocycles. The van der Waals surface area contributed by atoms with Gasteiger partial charge >= 0.3 is 0 Å². The summed E-state index contributed by atoms with van der Waals surface area (Å²) >= 11 is 0. The topological polar surface area (TPSA) is 79.7 Å². The molecule has 1 saturated heterocycles. The summed E-state index contributed by atoms with van der Waals surface area (Å²) in [4.78, 5) is 32.2. The molecule has 2 heterocycles. The van der Waals surface area contributed by atoms with Crippen LogP contribution in [0.2, 0.25) is 0 Å². The first-order valence-corrected chi connectivity index (χ1v) is 12.4. The molecule has 1 amide bonds. The van der Waals surface area contributed by atoms with E-state index in [1.165, 1.54) is 4.90 Å². The molecule has 1 N–H and O–H groups in total. The summed E-state index contributed by atoms with van der Waals surface area (Å²) in [5, 5.41) is 11.4. The van der Waals surface area contributed by atoms with E-state index < -0.39 is 17.7 Å². The summed E-state index contributed by atoms with van der Waals surface area (Å²) in [5.74, 6) is -0.776. The van der Waals surface area contributed by atoms with Crippen molar-refractivity contribution in [1.82, 2.24) is 9.88 Å². The number of pyridine rings is 1. The van der Waals surface area contributed by atoms with Crippen molar-refractivity contribution in [2.75, 3.05) is 6.61 Å². The van der Waals surface area contributed by atoms with Crippen LogP contribution in [0.15, 0.2) is 72.6 Å². The predicted molar refractivity (Wildman–Crippen MR) is 139 cm³/mol. The average molecular weight is 485 g/mol. The van der Waals surface area contributed by atoms with Crippen LogP contribution in [0.3, 0.4) is 0 Å². The lowest BCUT2D eigenvalue weighted by Crippen LogP contribution is -2.29. The van der Waals surface area contributed by atoms with Gasteiger partial charge in [0.05, 0.1) is 18.2 Å². The van der Waals surface area contributed by atoms with Gasteiger partial charge in [0, 0.05) is 24.5 Å². The predicted octanol–water partition coefficient (Wildman–Crippen LogP) is 5.75. The number of aryl methyl sites for hydroxylation is 2. The number of hydrogen-bond donors (Lipinski definition) is 1. The largest absolute Gasteiger partial charge is 0.507 e. The summed E-state index contributed by atoms with van der Waals surface area (Å²) < 4.78 is 5.84. The first-order valence-electron chi connectivity index (χ1n) is 12.4. The van der Waals surface area contributed by atoms with E-state index >= 15 is 0 Å². The van der Waals surface area contributed by atoms with E-state index in [-0.39, 0.29) is 17.9 Å². The molecule has 0 bridgehead atoms. The quantitative estimate of drug-likeness (QED) is 0.181. The minimum atomic E-state index is -0.711. The second-order valence-corrected chi connectivity index (χ2v) is 9.07. The molecule has 1 aliphatic rings. The minimum absolute atomic E-state index is 0.0900. The number of rotatable bonds is 9. The van der Waals surface area contributed by atoms with E-state index in [1.807, 2.05) is 37.3 Å². The lowest BCUT2D eigenvalue weighted by atomic mass is 9.94. The monoisotopic (exact) mass is 484 g/mol. The van der Waals surface area contributed by atoms with Gasteiger partial charge in [-0.3, -0.25) is 14.6 Å². The Hall–Kier alpha value is -3.93. The van der Waals surface area contributed by atoms with E-state index in [2.05, 4.69) is 18.8 Å². The lowest BCUT2D eigenvalue weighted by Gasteiger charge is -2.25. The van der Waals surface area contributed by atoms with Crippen LogP contribution < -0.4 is 4.74 Å². The fraction of sp³-hybridized carbons (Fsp3) is 0.300. The Morgan fingerprint density at radius 2 is 1.83 bits per heavy atom. The van der Waals surface area contributed by atoms with Crippen LogP contribution in [0.25, 0.3) is 5.76 Å². The molecule has 4 rings (SSSR count). The van der Waals surface area contributed by atoms with Gasteiger partial charge in [0.2, 0.25) is 0 Å². The third-order valence-corrected chi connectivity index (χ3v) is 6.52. The van der Waals surface area contributed by atoms with Gasteiger partial charge < -0.3 is 14.7 Å². The van der Waals surface area contributed by atoms with Gasteiger partial charge in [-0.15, -0.1) is 0 Å². The zero-order valence-electron chi connectivity index (χ0n) is 21.0. The van der Waals surface area contributed by atoms with Crippen molar-refractivity contribution in [3.05, 3.63) is 100 Å². The average Bonchev–Trinajstić information content (AvgIpc) is 3.15. The lowest BCUT2D eigenvalue weighted by molar-refractivity contribution is -0.140. The zero-order chi connectivity index (χ0) is 25.7. The Balaban J connectivity index is 1.77. The number of amides is 1. The molecule has 6 heteroatoms. The molecule has 1 atom stereocenters. The molecule has 1 fully saturated rings. The van der Waals surface area contributed by atoms with Crippen LogP contribution in [-0.2, 0) is 22.6 Å². The molecule has 0 radical (unpaired) electrons. The van der Waals surface area contributed by atoms with Gasteiger partial charge in [-0.1, -0.05) is 50.6 Å². The highest BCUT2D eigenvalue weighted by molar-refractivity contribution is 6.46. The highest BCUT2D eigenvalue weighted by Crippen LogP contribution is 2.40. The second kappa shape index (κ2) is 11.2. The number of ether oxygens (including phenoxy) is 1.